The molecule has 21 heavy (non-hydrogen) atoms. The number of benzene rings is 1. The molecule has 1 amide bonds. The second-order valence-electron chi connectivity index (χ2n) is 6.88. The van der Waals surface area contributed by atoms with E-state index in [0.29, 0.717) is 17.9 Å². The molecule has 3 rings (SSSR count). The van der Waals surface area contributed by atoms with Crippen molar-refractivity contribution in [1.29, 1.82) is 0 Å². The second kappa shape index (κ2) is 6.18. The Kier molecular flexibility index (Phi) is 4.29. The molecule has 2 atom stereocenters. The minimum atomic E-state index is -0.0447. The molecule has 3 nitrogen and oxygen atoms in total. The molecule has 1 aromatic rings. The van der Waals surface area contributed by atoms with Crippen molar-refractivity contribution in [3.05, 3.63) is 35.9 Å². The molecule has 114 valence electrons. The van der Waals surface area contributed by atoms with E-state index in [9.17, 15) is 4.79 Å². The van der Waals surface area contributed by atoms with E-state index >= 15 is 0 Å². The lowest BCUT2D eigenvalue weighted by Gasteiger charge is -2.38. The summed E-state index contributed by atoms with van der Waals surface area (Å²) in [4.78, 5) is 15.0. The smallest absolute Gasteiger partial charge is 0.241 e. The molecule has 1 saturated heterocycles. The van der Waals surface area contributed by atoms with Crippen LogP contribution in [0.3, 0.4) is 0 Å². The number of amides is 1. The van der Waals surface area contributed by atoms with Gasteiger partial charge in [0.1, 0.15) is 0 Å². The van der Waals surface area contributed by atoms with Crippen molar-refractivity contribution in [1.82, 2.24) is 10.2 Å². The van der Waals surface area contributed by atoms with Gasteiger partial charge in [0.25, 0.3) is 0 Å². The number of hydrogen-bond donors (Lipinski definition) is 1. The van der Waals surface area contributed by atoms with Crippen molar-refractivity contribution >= 4 is 5.91 Å². The number of hydrogen-bond acceptors (Lipinski definition) is 2. The first-order valence-electron chi connectivity index (χ1n) is 8.27. The third-order valence-electron chi connectivity index (χ3n) is 4.73. The summed E-state index contributed by atoms with van der Waals surface area (Å²) in [6, 6.07) is 10.8. The monoisotopic (exact) mass is 286 g/mol. The van der Waals surface area contributed by atoms with Crippen LogP contribution in [0.15, 0.2) is 30.3 Å². The average Bonchev–Trinajstić information content (AvgIpc) is 2.67. The van der Waals surface area contributed by atoms with E-state index in [0.717, 1.165) is 12.8 Å². The van der Waals surface area contributed by atoms with Gasteiger partial charge in [-0.25, -0.2) is 0 Å². The molecule has 0 aromatic heterocycles. The van der Waals surface area contributed by atoms with Gasteiger partial charge in [-0.2, -0.15) is 0 Å². The van der Waals surface area contributed by atoms with Crippen molar-refractivity contribution in [2.75, 3.05) is 0 Å². The summed E-state index contributed by atoms with van der Waals surface area (Å²) in [7, 11) is 0. The Balaban J connectivity index is 1.72. The van der Waals surface area contributed by atoms with Crippen LogP contribution < -0.4 is 5.32 Å². The molecule has 0 spiro atoms. The Morgan fingerprint density at radius 2 is 1.95 bits per heavy atom. The van der Waals surface area contributed by atoms with E-state index in [1.54, 1.807) is 0 Å². The van der Waals surface area contributed by atoms with E-state index in [1.807, 2.05) is 18.2 Å². The third-order valence-corrected chi connectivity index (χ3v) is 4.73. The van der Waals surface area contributed by atoms with Gasteiger partial charge in [-0.3, -0.25) is 10.1 Å². The number of rotatable bonds is 5. The summed E-state index contributed by atoms with van der Waals surface area (Å²) in [5.74, 6) is 0.919. The standard InChI is InChI=1S/C18H26N2O/c1-13(2)11-17-19-16(12-14-7-4-3-5-8-14)18(21)20(17)15-9-6-10-15/h3-5,7-8,13,15-17,19H,6,9-12H2,1-2H3. The van der Waals surface area contributed by atoms with Gasteiger partial charge in [-0.1, -0.05) is 44.2 Å². The van der Waals surface area contributed by atoms with Crippen LogP contribution in [0.2, 0.25) is 0 Å². The second-order valence-corrected chi connectivity index (χ2v) is 6.88. The van der Waals surface area contributed by atoms with Gasteiger partial charge < -0.3 is 4.90 Å². The highest BCUT2D eigenvalue weighted by Gasteiger charge is 2.43. The Morgan fingerprint density at radius 1 is 1.24 bits per heavy atom. The topological polar surface area (TPSA) is 32.3 Å². The molecule has 2 fully saturated rings. The van der Waals surface area contributed by atoms with Crippen LogP contribution >= 0.6 is 0 Å². The Morgan fingerprint density at radius 3 is 2.52 bits per heavy atom. The molecule has 1 aliphatic heterocycles. The van der Waals surface area contributed by atoms with Crippen LogP contribution in [-0.4, -0.2) is 29.1 Å². The summed E-state index contributed by atoms with van der Waals surface area (Å²) in [5, 5.41) is 3.60. The maximum absolute atomic E-state index is 12.8. The number of carbonyl (C=O) groups excluding carboxylic acids is 1. The molecular formula is C18H26N2O. The number of nitrogens with one attached hydrogen (secondary N) is 1. The predicted molar refractivity (Wildman–Crippen MR) is 84.8 cm³/mol. The molecule has 1 N–H and O–H groups in total. The van der Waals surface area contributed by atoms with Gasteiger partial charge >= 0.3 is 0 Å². The normalized spacial score (nSPS) is 26.4. The lowest BCUT2D eigenvalue weighted by Crippen LogP contribution is -2.48. The Bertz CT molecular complexity index is 481. The molecule has 0 radical (unpaired) electrons. The summed E-state index contributed by atoms with van der Waals surface area (Å²) in [5.41, 5.74) is 1.24. The Labute approximate surface area is 127 Å². The van der Waals surface area contributed by atoms with Crippen LogP contribution in [0, 0.1) is 5.92 Å². The first-order chi connectivity index (χ1) is 10.1. The van der Waals surface area contributed by atoms with E-state index < -0.39 is 0 Å². The molecule has 2 aliphatic rings. The predicted octanol–water partition coefficient (Wildman–Crippen LogP) is 2.95. The van der Waals surface area contributed by atoms with Gasteiger partial charge in [0.05, 0.1) is 12.2 Å². The van der Waals surface area contributed by atoms with Crippen molar-refractivity contribution in [2.24, 2.45) is 5.92 Å². The maximum atomic E-state index is 12.8. The summed E-state index contributed by atoms with van der Waals surface area (Å²) >= 11 is 0. The molecule has 1 heterocycles. The lowest BCUT2D eigenvalue weighted by molar-refractivity contribution is -0.134. The Hall–Kier alpha value is -1.35. The van der Waals surface area contributed by atoms with Crippen LogP contribution in [-0.2, 0) is 11.2 Å². The average molecular weight is 286 g/mol. The fourth-order valence-electron chi connectivity index (χ4n) is 3.44. The van der Waals surface area contributed by atoms with E-state index in [-0.39, 0.29) is 12.2 Å². The zero-order valence-electron chi connectivity index (χ0n) is 13.1. The number of carbonyl (C=O) groups is 1. The molecule has 1 aromatic carbocycles. The molecule has 2 unspecified atom stereocenters. The van der Waals surface area contributed by atoms with Gasteiger partial charge in [-0.05, 0) is 43.6 Å². The number of nitrogens with zero attached hydrogens (tertiary/aromatic N) is 1. The minimum absolute atomic E-state index is 0.0447. The van der Waals surface area contributed by atoms with Crippen molar-refractivity contribution in [2.45, 2.75) is 64.2 Å². The van der Waals surface area contributed by atoms with Gasteiger partial charge in [-0.15, -0.1) is 0 Å². The minimum Gasteiger partial charge on any atom is -0.323 e. The SMILES string of the molecule is CC(C)CC1NC(Cc2ccccc2)C(=O)N1C1CCC1. The third kappa shape index (κ3) is 3.13. The fourth-order valence-corrected chi connectivity index (χ4v) is 3.44. The summed E-state index contributed by atoms with van der Waals surface area (Å²) < 4.78 is 0. The first-order valence-corrected chi connectivity index (χ1v) is 8.27. The zero-order valence-corrected chi connectivity index (χ0v) is 13.1. The van der Waals surface area contributed by atoms with Crippen molar-refractivity contribution in [3.8, 4) is 0 Å². The molecular weight excluding hydrogens is 260 g/mol. The molecule has 1 saturated carbocycles. The van der Waals surface area contributed by atoms with Crippen molar-refractivity contribution in [3.63, 3.8) is 0 Å². The molecule has 1 aliphatic carbocycles. The van der Waals surface area contributed by atoms with E-state index in [1.165, 1.54) is 24.8 Å². The highest BCUT2D eigenvalue weighted by atomic mass is 16.2. The maximum Gasteiger partial charge on any atom is 0.241 e. The molecule has 0 bridgehead atoms. The summed E-state index contributed by atoms with van der Waals surface area (Å²) in [6.45, 7) is 4.46. The van der Waals surface area contributed by atoms with Crippen LogP contribution in [0.4, 0.5) is 0 Å². The summed E-state index contributed by atoms with van der Waals surface area (Å²) in [6.07, 6.45) is 5.72. The zero-order chi connectivity index (χ0) is 14.8. The van der Waals surface area contributed by atoms with E-state index in [4.69, 9.17) is 0 Å². The van der Waals surface area contributed by atoms with Gasteiger partial charge in [0, 0.05) is 6.04 Å². The fraction of sp³-hybridized carbons (Fsp3) is 0.611. The molecule has 3 heteroatoms. The van der Waals surface area contributed by atoms with Crippen LogP contribution in [0.25, 0.3) is 0 Å². The first kappa shape index (κ1) is 14.6. The van der Waals surface area contributed by atoms with Crippen molar-refractivity contribution < 1.29 is 4.79 Å². The van der Waals surface area contributed by atoms with Crippen LogP contribution in [0.1, 0.15) is 45.1 Å². The van der Waals surface area contributed by atoms with Gasteiger partial charge in [0.15, 0.2) is 0 Å². The largest absolute Gasteiger partial charge is 0.323 e. The van der Waals surface area contributed by atoms with E-state index in [2.05, 4.69) is 36.2 Å². The highest BCUT2D eigenvalue weighted by Crippen LogP contribution is 2.31. The quantitative estimate of drug-likeness (QED) is 0.902. The lowest BCUT2D eigenvalue weighted by atomic mass is 9.90. The van der Waals surface area contributed by atoms with Gasteiger partial charge in [0.2, 0.25) is 5.91 Å². The van der Waals surface area contributed by atoms with Crippen LogP contribution in [0.5, 0.6) is 0 Å². The highest BCUT2D eigenvalue weighted by molar-refractivity contribution is 5.85.